The number of ether oxygens (including phenoxy) is 2. The first-order valence-corrected chi connectivity index (χ1v) is 12.9. The number of rotatable bonds is 8. The molecule has 0 aromatic heterocycles. The quantitative estimate of drug-likeness (QED) is 0.184. The Bertz CT molecular complexity index is 1300. The van der Waals surface area contributed by atoms with Crippen molar-refractivity contribution in [3.8, 4) is 5.75 Å². The van der Waals surface area contributed by atoms with E-state index in [1.165, 1.54) is 13.0 Å². The molecule has 11 nitrogen and oxygen atoms in total. The molecule has 1 aromatic rings. The molecule has 4 rings (SSSR count). The number of hydrogen-bond acceptors (Lipinski definition) is 10. The number of nitrogens with two attached hydrogens (primary N) is 1. The number of aliphatic hydroxyl groups is 3. The lowest BCUT2D eigenvalue weighted by Crippen LogP contribution is -2.65. The van der Waals surface area contributed by atoms with Crippen molar-refractivity contribution in [1.29, 1.82) is 0 Å². The maximum atomic E-state index is 14.0. The van der Waals surface area contributed by atoms with Crippen LogP contribution in [0, 0.1) is 17.8 Å². The molecule has 1 amide bonds. The standard InChI is InChI=1S/C28H33NO10/c1-4-18(32)39-24-15-10-17(31)21(27(29)36)25(34)28(15,37)26(35)22-20(24)14(11-38-9-8-12(2)3)13-6-5-7-16(30)19(13)23(22)33/h5-7,12,14-15,20,24,30,33-34,37H,4,8-11H2,1-3H3,(H2,29,36)/t14-,15+,20+,24+,28+/m0/s1. The second-order valence-corrected chi connectivity index (χ2v) is 10.6. The molecule has 0 bridgehead atoms. The van der Waals surface area contributed by atoms with Crippen molar-refractivity contribution in [3.63, 3.8) is 0 Å². The van der Waals surface area contributed by atoms with Gasteiger partial charge < -0.3 is 35.6 Å². The van der Waals surface area contributed by atoms with Gasteiger partial charge in [0.15, 0.2) is 11.4 Å². The number of fused-ring (bicyclic) bond motifs is 3. The van der Waals surface area contributed by atoms with Gasteiger partial charge in [-0.1, -0.05) is 32.9 Å². The number of aliphatic hydroxyl groups excluding tert-OH is 2. The van der Waals surface area contributed by atoms with Crippen LogP contribution in [0.3, 0.4) is 0 Å². The zero-order valence-electron chi connectivity index (χ0n) is 22.0. The lowest BCUT2D eigenvalue weighted by Gasteiger charge is -2.51. The number of hydrogen-bond donors (Lipinski definition) is 5. The summed E-state index contributed by atoms with van der Waals surface area (Å²) >= 11 is 0. The van der Waals surface area contributed by atoms with Crippen LogP contribution in [-0.2, 0) is 28.7 Å². The van der Waals surface area contributed by atoms with Crippen LogP contribution in [0.1, 0.15) is 57.1 Å². The molecule has 39 heavy (non-hydrogen) atoms. The highest BCUT2D eigenvalue weighted by atomic mass is 16.5. The Kier molecular flexibility index (Phi) is 7.59. The van der Waals surface area contributed by atoms with Crippen LogP contribution in [0.25, 0.3) is 5.76 Å². The maximum Gasteiger partial charge on any atom is 0.305 e. The molecule has 3 aliphatic rings. The minimum absolute atomic E-state index is 0.00840. The van der Waals surface area contributed by atoms with E-state index < -0.39 is 82.0 Å². The lowest BCUT2D eigenvalue weighted by atomic mass is 9.55. The molecule has 0 saturated heterocycles. The summed E-state index contributed by atoms with van der Waals surface area (Å²) in [5, 5.41) is 44.6. The third-order valence-corrected chi connectivity index (χ3v) is 7.83. The van der Waals surface area contributed by atoms with Crippen molar-refractivity contribution >= 4 is 29.2 Å². The van der Waals surface area contributed by atoms with Crippen LogP contribution in [0.5, 0.6) is 5.75 Å². The van der Waals surface area contributed by atoms with E-state index in [1.807, 2.05) is 13.8 Å². The molecule has 6 N–H and O–H groups in total. The molecule has 1 fully saturated rings. The molecule has 0 heterocycles. The molecule has 1 saturated carbocycles. The van der Waals surface area contributed by atoms with E-state index in [2.05, 4.69) is 0 Å². The van der Waals surface area contributed by atoms with Gasteiger partial charge in [-0.25, -0.2) is 0 Å². The Balaban J connectivity index is 1.96. The summed E-state index contributed by atoms with van der Waals surface area (Å²) in [5.74, 6) is -9.46. The number of aromatic hydroxyl groups is 1. The molecule has 0 spiro atoms. The zero-order chi connectivity index (χ0) is 28.8. The van der Waals surface area contributed by atoms with Crippen molar-refractivity contribution in [2.24, 2.45) is 23.5 Å². The number of phenols is 1. The highest BCUT2D eigenvalue weighted by Gasteiger charge is 2.66. The minimum atomic E-state index is -2.90. The minimum Gasteiger partial charge on any atom is -0.508 e. The van der Waals surface area contributed by atoms with Crippen molar-refractivity contribution in [2.45, 2.75) is 57.7 Å². The molecule has 0 unspecified atom stereocenters. The third kappa shape index (κ3) is 4.49. The second-order valence-electron chi connectivity index (χ2n) is 10.6. The van der Waals surface area contributed by atoms with Crippen molar-refractivity contribution in [1.82, 2.24) is 0 Å². The Morgan fingerprint density at radius 3 is 2.49 bits per heavy atom. The van der Waals surface area contributed by atoms with Gasteiger partial charge in [0, 0.05) is 42.8 Å². The van der Waals surface area contributed by atoms with Crippen LogP contribution < -0.4 is 5.73 Å². The van der Waals surface area contributed by atoms with Crippen LogP contribution in [-0.4, -0.2) is 68.8 Å². The predicted octanol–water partition coefficient (Wildman–Crippen LogP) is 1.96. The summed E-state index contributed by atoms with van der Waals surface area (Å²) in [6, 6.07) is 4.50. The van der Waals surface area contributed by atoms with Gasteiger partial charge >= 0.3 is 5.97 Å². The Labute approximate surface area is 224 Å². The number of amides is 1. The lowest BCUT2D eigenvalue weighted by molar-refractivity contribution is -0.179. The molecule has 3 aliphatic carbocycles. The summed E-state index contributed by atoms with van der Waals surface area (Å²) in [5.41, 5.74) is 1.36. The number of benzene rings is 1. The Morgan fingerprint density at radius 1 is 1.18 bits per heavy atom. The molecular weight excluding hydrogens is 510 g/mol. The number of Topliss-reactive ketones (excluding diaryl/α,β-unsaturated/α-hetero) is 2. The van der Waals surface area contributed by atoms with Gasteiger partial charge in [0.2, 0.25) is 5.78 Å². The number of carbonyl (C=O) groups is 4. The first-order valence-electron chi connectivity index (χ1n) is 12.9. The van der Waals surface area contributed by atoms with Gasteiger partial charge in [-0.3, -0.25) is 19.2 Å². The normalized spacial score (nSPS) is 28.2. The fraction of sp³-hybridized carbons (Fsp3) is 0.500. The number of esters is 1. The number of carbonyl (C=O) groups excluding carboxylic acids is 4. The Morgan fingerprint density at radius 2 is 1.87 bits per heavy atom. The summed E-state index contributed by atoms with van der Waals surface area (Å²) in [7, 11) is 0. The fourth-order valence-electron chi connectivity index (χ4n) is 5.86. The first-order chi connectivity index (χ1) is 18.4. The summed E-state index contributed by atoms with van der Waals surface area (Å²) < 4.78 is 11.7. The number of phenolic OH excluding ortho intramolecular Hbond substituents is 1. The van der Waals surface area contributed by atoms with E-state index in [4.69, 9.17) is 15.2 Å². The highest BCUT2D eigenvalue weighted by Crippen LogP contribution is 2.56. The highest BCUT2D eigenvalue weighted by molar-refractivity contribution is 6.23. The van der Waals surface area contributed by atoms with Crippen LogP contribution in [0.4, 0.5) is 0 Å². The van der Waals surface area contributed by atoms with Crippen LogP contribution in [0.2, 0.25) is 0 Å². The number of ketones is 2. The van der Waals surface area contributed by atoms with E-state index in [0.29, 0.717) is 18.1 Å². The number of primary amides is 1. The van der Waals surface area contributed by atoms with Gasteiger partial charge in [0.25, 0.3) is 5.91 Å². The molecule has 0 radical (unpaired) electrons. The molecule has 11 heteroatoms. The monoisotopic (exact) mass is 543 g/mol. The third-order valence-electron chi connectivity index (χ3n) is 7.83. The fourth-order valence-corrected chi connectivity index (χ4v) is 5.86. The van der Waals surface area contributed by atoms with E-state index in [0.717, 1.165) is 6.42 Å². The van der Waals surface area contributed by atoms with Gasteiger partial charge in [0.05, 0.1) is 12.2 Å². The van der Waals surface area contributed by atoms with Crippen molar-refractivity contribution in [3.05, 3.63) is 46.2 Å². The summed E-state index contributed by atoms with van der Waals surface area (Å²) in [4.78, 5) is 51.5. The maximum absolute atomic E-state index is 14.0. The summed E-state index contributed by atoms with van der Waals surface area (Å²) in [6.45, 7) is 5.94. The van der Waals surface area contributed by atoms with Crippen LogP contribution in [0.15, 0.2) is 35.1 Å². The van der Waals surface area contributed by atoms with Crippen molar-refractivity contribution < 1.29 is 49.1 Å². The van der Waals surface area contributed by atoms with E-state index in [-0.39, 0.29) is 24.3 Å². The molecular formula is C28H33NO10. The smallest absolute Gasteiger partial charge is 0.305 e. The van der Waals surface area contributed by atoms with Crippen molar-refractivity contribution in [2.75, 3.05) is 13.2 Å². The Hall–Kier alpha value is -3.70. The van der Waals surface area contributed by atoms with E-state index in [1.54, 1.807) is 12.1 Å². The predicted molar refractivity (Wildman–Crippen MR) is 136 cm³/mol. The van der Waals surface area contributed by atoms with E-state index in [9.17, 15) is 39.6 Å². The summed E-state index contributed by atoms with van der Waals surface area (Å²) in [6.07, 6.45) is -1.38. The van der Waals surface area contributed by atoms with Gasteiger partial charge in [0.1, 0.15) is 28.9 Å². The zero-order valence-corrected chi connectivity index (χ0v) is 22.0. The molecule has 0 aliphatic heterocycles. The topological polar surface area (TPSA) is 194 Å². The SMILES string of the molecule is CCC(=O)O[C@H]1[C@H]2C(=C(O)c3c(O)cccc3[C@@H]2COCCC(C)C)C(=O)[C@]2(O)C(O)=C(C(N)=O)C(=O)C[C@H]12. The average molecular weight is 544 g/mol. The van der Waals surface area contributed by atoms with E-state index >= 15 is 0 Å². The van der Waals surface area contributed by atoms with Gasteiger partial charge in [-0.15, -0.1) is 0 Å². The van der Waals surface area contributed by atoms with Crippen LogP contribution >= 0.6 is 0 Å². The van der Waals surface area contributed by atoms with Gasteiger partial charge in [-0.2, -0.15) is 0 Å². The largest absolute Gasteiger partial charge is 0.508 e. The first kappa shape index (κ1) is 28.3. The second kappa shape index (κ2) is 10.5. The molecule has 5 atom stereocenters. The van der Waals surface area contributed by atoms with Gasteiger partial charge in [-0.05, 0) is 24.0 Å². The molecule has 210 valence electrons. The molecule has 1 aromatic carbocycles. The average Bonchev–Trinajstić information content (AvgIpc) is 2.86.